The predicted molar refractivity (Wildman–Crippen MR) is 20.3 cm³/mol. The molecule has 0 saturated carbocycles. The van der Waals surface area contributed by atoms with Crippen LogP contribution in [0.15, 0.2) is 0 Å². The van der Waals surface area contributed by atoms with Gasteiger partial charge in [-0.05, 0) is 0 Å². The van der Waals surface area contributed by atoms with Crippen molar-refractivity contribution >= 4 is 11.9 Å². The number of hydrogen-bond acceptors (Lipinski definition) is 2. The molecule has 2 N–H and O–H groups in total. The zero-order valence-corrected chi connectivity index (χ0v) is 3.53. The molecule has 6 heteroatoms. The molecule has 0 aliphatic rings. The van der Waals surface area contributed by atoms with Gasteiger partial charge in [-0.1, -0.05) is 0 Å². The molecule has 4 nitrogen and oxygen atoms in total. The van der Waals surface area contributed by atoms with E-state index in [1.54, 1.807) is 0 Å². The maximum atomic E-state index is 9.10. The lowest BCUT2D eigenvalue weighted by atomic mass is 10.7. The third-order valence-electron chi connectivity index (χ3n) is 0.183. The van der Waals surface area contributed by atoms with E-state index in [9.17, 15) is 0 Å². The topological polar surface area (TPSA) is 74.6 Å². The van der Waals surface area contributed by atoms with Crippen LogP contribution < -0.4 is 0 Å². The van der Waals surface area contributed by atoms with Crippen molar-refractivity contribution in [3.63, 3.8) is 0 Å². The Hall–Kier alpha value is -1.20. The van der Waals surface area contributed by atoms with Gasteiger partial charge in [0.2, 0.25) is 0 Å². The summed E-state index contributed by atoms with van der Waals surface area (Å²) >= 11 is 0. The average molecular weight is 130 g/mol. The van der Waals surface area contributed by atoms with E-state index in [0.29, 0.717) is 0 Å². The van der Waals surface area contributed by atoms with Gasteiger partial charge >= 0.3 is 11.9 Å². The van der Waals surface area contributed by atoms with Crippen LogP contribution in [0.2, 0.25) is 0 Å². The van der Waals surface area contributed by atoms with Gasteiger partial charge in [0.25, 0.3) is 0 Å². The summed E-state index contributed by atoms with van der Waals surface area (Å²) in [4.78, 5) is 18.2. The Balaban J connectivity index is -0.000000125. The highest BCUT2D eigenvalue weighted by Gasteiger charge is 2.04. The lowest BCUT2D eigenvalue weighted by Gasteiger charge is -1.72. The van der Waals surface area contributed by atoms with Gasteiger partial charge in [-0.3, -0.25) is 9.41 Å². The molecule has 0 aromatic heterocycles. The highest BCUT2D eigenvalue weighted by molar-refractivity contribution is 6.27. The number of carbonyl (C=O) groups is 2. The van der Waals surface area contributed by atoms with Crippen LogP contribution >= 0.6 is 0 Å². The van der Waals surface area contributed by atoms with Crippen LogP contribution in [0, 0.1) is 0 Å². The minimum Gasteiger partial charge on any atom is -0.473 e. The number of carboxylic acids is 2. The van der Waals surface area contributed by atoms with E-state index < -0.39 is 11.9 Å². The lowest BCUT2D eigenvalue weighted by Crippen LogP contribution is -2.09. The van der Waals surface area contributed by atoms with Crippen LogP contribution in [-0.2, 0) is 9.59 Å². The van der Waals surface area contributed by atoms with Crippen molar-refractivity contribution in [2.24, 2.45) is 0 Å². The number of aliphatic carboxylic acids is 2. The molecule has 0 rings (SSSR count). The third kappa shape index (κ3) is 8.84. The SMILES string of the molecule is F.F.O=C(O)C(=O)O. The van der Waals surface area contributed by atoms with E-state index >= 15 is 0 Å². The minimum absolute atomic E-state index is 0. The van der Waals surface area contributed by atoms with Gasteiger partial charge in [0.05, 0.1) is 0 Å². The zero-order chi connectivity index (χ0) is 5.15. The molecule has 0 aromatic carbocycles. The highest BCUT2D eigenvalue weighted by atomic mass is 19.0. The summed E-state index contributed by atoms with van der Waals surface area (Å²) in [5.74, 6) is -3.65. The first-order valence-corrected chi connectivity index (χ1v) is 1.11. The van der Waals surface area contributed by atoms with Gasteiger partial charge < -0.3 is 10.2 Å². The number of rotatable bonds is 0. The zero-order valence-electron chi connectivity index (χ0n) is 3.53. The molecule has 0 unspecified atom stereocenters. The Morgan fingerprint density at radius 3 is 1.00 bits per heavy atom. The molecule has 0 saturated heterocycles. The smallest absolute Gasteiger partial charge is 0.414 e. The molecule has 0 heterocycles. The quantitative estimate of drug-likeness (QED) is 0.432. The summed E-state index contributed by atoms with van der Waals surface area (Å²) in [6, 6.07) is 0. The van der Waals surface area contributed by atoms with Crippen molar-refractivity contribution in [1.29, 1.82) is 0 Å². The highest BCUT2D eigenvalue weighted by Crippen LogP contribution is 1.56. The van der Waals surface area contributed by atoms with Gasteiger partial charge in [-0.15, -0.1) is 0 Å². The van der Waals surface area contributed by atoms with Crippen molar-refractivity contribution in [2.75, 3.05) is 0 Å². The van der Waals surface area contributed by atoms with Crippen molar-refractivity contribution < 1.29 is 29.2 Å². The Kier molecular flexibility index (Phi) is 11.5. The fraction of sp³-hybridized carbons (Fsp3) is 0. The largest absolute Gasteiger partial charge is 0.473 e. The normalized spacial score (nSPS) is 5.50. The number of hydrogen-bond donors (Lipinski definition) is 2. The molecule has 0 fully saturated rings. The molecule has 0 spiro atoms. The maximum Gasteiger partial charge on any atom is 0.414 e. The molecule has 0 atom stereocenters. The Bertz CT molecular complexity index is 78.0. The second kappa shape index (κ2) is 5.80. The van der Waals surface area contributed by atoms with E-state index in [1.807, 2.05) is 0 Å². The molecule has 0 amide bonds. The van der Waals surface area contributed by atoms with Crippen LogP contribution in [0.3, 0.4) is 0 Å². The van der Waals surface area contributed by atoms with Crippen molar-refractivity contribution in [3.05, 3.63) is 0 Å². The van der Waals surface area contributed by atoms with E-state index in [-0.39, 0.29) is 9.41 Å². The molecule has 0 bridgehead atoms. The average Bonchev–Trinajstić information content (AvgIpc) is 1.36. The first-order valence-electron chi connectivity index (χ1n) is 1.11. The Labute approximate surface area is 42.5 Å². The summed E-state index contributed by atoms with van der Waals surface area (Å²) in [6.07, 6.45) is 0. The standard InChI is InChI=1S/C2H2O4.2FH/c3-1(4)2(5)6;;/h(H,3,4)(H,5,6);2*1H. The first-order chi connectivity index (χ1) is 2.64. The van der Waals surface area contributed by atoms with Crippen molar-refractivity contribution in [3.8, 4) is 0 Å². The van der Waals surface area contributed by atoms with Crippen LogP contribution in [0.4, 0.5) is 9.41 Å². The number of carboxylic acid groups (broad SMARTS) is 2. The summed E-state index contributed by atoms with van der Waals surface area (Å²) in [5, 5.41) is 14.8. The lowest BCUT2D eigenvalue weighted by molar-refractivity contribution is -0.159. The second-order valence-corrected chi connectivity index (χ2v) is 0.610. The van der Waals surface area contributed by atoms with E-state index in [1.165, 1.54) is 0 Å². The summed E-state index contributed by atoms with van der Waals surface area (Å²) < 4.78 is 0. The van der Waals surface area contributed by atoms with Gasteiger partial charge in [0, 0.05) is 0 Å². The van der Waals surface area contributed by atoms with Crippen molar-refractivity contribution in [1.82, 2.24) is 0 Å². The molecule has 0 aliphatic carbocycles. The molecule has 0 radical (unpaired) electrons. The maximum absolute atomic E-state index is 9.10. The molecule has 0 aliphatic heterocycles. The fourth-order valence-corrected chi connectivity index (χ4v) is 0. The van der Waals surface area contributed by atoms with Crippen LogP contribution in [0.5, 0.6) is 0 Å². The van der Waals surface area contributed by atoms with Gasteiger partial charge in [-0.2, -0.15) is 0 Å². The molecule has 8 heavy (non-hydrogen) atoms. The predicted octanol–water partition coefficient (Wildman–Crippen LogP) is -0.539. The second-order valence-electron chi connectivity index (χ2n) is 0.610. The van der Waals surface area contributed by atoms with E-state index in [4.69, 9.17) is 19.8 Å². The van der Waals surface area contributed by atoms with E-state index in [2.05, 4.69) is 0 Å². The van der Waals surface area contributed by atoms with E-state index in [0.717, 1.165) is 0 Å². The van der Waals surface area contributed by atoms with Gasteiger partial charge in [0.15, 0.2) is 0 Å². The molecule has 50 valence electrons. The van der Waals surface area contributed by atoms with Crippen LogP contribution in [-0.4, -0.2) is 22.2 Å². The monoisotopic (exact) mass is 130 g/mol. The van der Waals surface area contributed by atoms with Gasteiger partial charge in [-0.25, -0.2) is 9.59 Å². The third-order valence-corrected chi connectivity index (χ3v) is 0.183. The van der Waals surface area contributed by atoms with Crippen LogP contribution in [0.25, 0.3) is 0 Å². The molecular weight excluding hydrogens is 126 g/mol. The fourth-order valence-electron chi connectivity index (χ4n) is 0. The number of halogens is 2. The summed E-state index contributed by atoms with van der Waals surface area (Å²) in [6.45, 7) is 0. The van der Waals surface area contributed by atoms with Gasteiger partial charge in [0.1, 0.15) is 0 Å². The molecular formula is C2H4F2O4. The van der Waals surface area contributed by atoms with Crippen molar-refractivity contribution in [2.45, 2.75) is 0 Å². The summed E-state index contributed by atoms with van der Waals surface area (Å²) in [7, 11) is 0. The minimum atomic E-state index is -1.82. The first kappa shape index (κ1) is 15.8. The Morgan fingerprint density at radius 2 is 1.00 bits per heavy atom. The molecule has 0 aromatic rings. The Morgan fingerprint density at radius 1 is 0.875 bits per heavy atom. The summed E-state index contributed by atoms with van der Waals surface area (Å²) in [5.41, 5.74) is 0. The van der Waals surface area contributed by atoms with Crippen LogP contribution in [0.1, 0.15) is 0 Å².